The molecule has 0 radical (unpaired) electrons. The summed E-state index contributed by atoms with van der Waals surface area (Å²) in [5.74, 6) is -1.45. The van der Waals surface area contributed by atoms with Gasteiger partial charge in [0, 0.05) is 11.6 Å². The topological polar surface area (TPSA) is 186 Å². The first-order chi connectivity index (χ1) is 17.5. The Morgan fingerprint density at radius 3 is 2.32 bits per heavy atom. The third-order valence-electron chi connectivity index (χ3n) is 6.40. The molecule has 0 amide bonds. The monoisotopic (exact) mass is 518 g/mol. The Morgan fingerprint density at radius 1 is 1.03 bits per heavy atom. The molecule has 2 heterocycles. The van der Waals surface area contributed by atoms with E-state index in [1.807, 2.05) is 13.8 Å². The number of phenolic OH excluding ortho intramolecular Hbond substituents is 2. The molecule has 3 unspecified atom stereocenters. The minimum atomic E-state index is -1.71. The Kier molecular flexibility index (Phi) is 7.74. The highest BCUT2D eigenvalue weighted by atomic mass is 16.7. The van der Waals surface area contributed by atoms with Gasteiger partial charge in [-0.1, -0.05) is 23.8 Å². The van der Waals surface area contributed by atoms with Gasteiger partial charge in [-0.25, -0.2) is 0 Å². The molecule has 0 bridgehead atoms. The number of carbonyl (C=O) groups is 1. The highest BCUT2D eigenvalue weighted by molar-refractivity contribution is 6.06. The minimum Gasteiger partial charge on any atom is -0.508 e. The highest BCUT2D eigenvalue weighted by Crippen LogP contribution is 2.46. The van der Waals surface area contributed by atoms with Gasteiger partial charge >= 0.3 is 0 Å². The number of benzene rings is 2. The summed E-state index contributed by atoms with van der Waals surface area (Å²) in [6.07, 6.45) is -8.58. The molecule has 2 aliphatic heterocycles. The Hall–Kier alpha value is -3.19. The van der Waals surface area contributed by atoms with Gasteiger partial charge in [0.1, 0.15) is 53.0 Å². The van der Waals surface area contributed by atoms with Crippen molar-refractivity contribution in [2.45, 2.75) is 63.2 Å². The van der Waals surface area contributed by atoms with Gasteiger partial charge in [-0.15, -0.1) is 0 Å². The minimum absolute atomic E-state index is 0.0158. The first-order valence-electron chi connectivity index (χ1n) is 11.7. The third kappa shape index (κ3) is 5.14. The van der Waals surface area contributed by atoms with Gasteiger partial charge in [0.05, 0.1) is 6.61 Å². The van der Waals surface area contributed by atoms with E-state index < -0.39 is 61.1 Å². The van der Waals surface area contributed by atoms with E-state index in [4.69, 9.17) is 14.2 Å². The largest absolute Gasteiger partial charge is 0.508 e. The van der Waals surface area contributed by atoms with Crippen molar-refractivity contribution in [3.8, 4) is 23.0 Å². The molecule has 1 saturated heterocycles. The van der Waals surface area contributed by atoms with E-state index in [0.717, 1.165) is 11.6 Å². The number of aliphatic hydroxyl groups excluding tert-OH is 5. The fourth-order valence-corrected chi connectivity index (χ4v) is 4.32. The second-order valence-corrected chi connectivity index (χ2v) is 9.32. The molecule has 0 aromatic heterocycles. The molecular formula is C26H30O11. The standard InChI is InChI=1S/C26H30O11/c1-11(2)3-8-14-16(35-26-23(34)21(32)19(30)17(10-27)36-26)9-15(29)18-20(31)22(33)24(37-25(14)18)12-4-6-13(28)7-5-12/h3-7,9,17,19,21-24,26-30,32-34H,8,10H2,1-2H3/t17-,19?,21+,22+,23?,24?,26-/m1/s1. The predicted molar refractivity (Wildman–Crippen MR) is 127 cm³/mol. The predicted octanol–water partition coefficient (Wildman–Crippen LogP) is 0.462. The lowest BCUT2D eigenvalue weighted by Gasteiger charge is -2.40. The number of aliphatic hydroxyl groups is 5. The van der Waals surface area contributed by atoms with Gasteiger partial charge in [-0.3, -0.25) is 4.79 Å². The molecule has 37 heavy (non-hydrogen) atoms. The number of hydrogen-bond acceptors (Lipinski definition) is 11. The highest BCUT2D eigenvalue weighted by Gasteiger charge is 2.46. The van der Waals surface area contributed by atoms with E-state index in [1.165, 1.54) is 24.3 Å². The summed E-state index contributed by atoms with van der Waals surface area (Å²) in [5.41, 5.74) is 1.35. The quantitative estimate of drug-likeness (QED) is 0.263. The molecule has 2 aliphatic rings. The Morgan fingerprint density at radius 2 is 1.70 bits per heavy atom. The number of phenols is 2. The summed E-state index contributed by atoms with van der Waals surface area (Å²) in [4.78, 5) is 13.1. The number of rotatable bonds is 6. The van der Waals surface area contributed by atoms with E-state index in [9.17, 15) is 40.5 Å². The van der Waals surface area contributed by atoms with E-state index in [1.54, 1.807) is 6.08 Å². The van der Waals surface area contributed by atoms with Crippen LogP contribution in [0.2, 0.25) is 0 Å². The molecule has 2 aromatic rings. The normalized spacial score (nSPS) is 29.3. The van der Waals surface area contributed by atoms with Gasteiger partial charge in [0.15, 0.2) is 12.2 Å². The smallest absolute Gasteiger partial charge is 0.229 e. The van der Waals surface area contributed by atoms with Crippen LogP contribution in [-0.4, -0.2) is 84.9 Å². The molecule has 0 saturated carbocycles. The first kappa shape index (κ1) is 26.9. The Bertz CT molecular complexity index is 1170. The SMILES string of the molecule is CC(C)=CCc1c(O[C@@H]2O[C@H](CO)C(O)[C@H](O)C2O)cc(O)c2c1OC(c1ccc(O)cc1)[C@@H](O)C2=O. The van der Waals surface area contributed by atoms with Crippen LogP contribution in [0.3, 0.4) is 0 Å². The van der Waals surface area contributed by atoms with Crippen LogP contribution in [0.5, 0.6) is 23.0 Å². The van der Waals surface area contributed by atoms with Crippen LogP contribution >= 0.6 is 0 Å². The third-order valence-corrected chi connectivity index (χ3v) is 6.40. The number of allylic oxidation sites excluding steroid dienone is 2. The van der Waals surface area contributed by atoms with E-state index in [-0.39, 0.29) is 34.8 Å². The summed E-state index contributed by atoms with van der Waals surface area (Å²) in [7, 11) is 0. The zero-order valence-electron chi connectivity index (χ0n) is 20.2. The lowest BCUT2D eigenvalue weighted by Crippen LogP contribution is -2.60. The molecule has 4 rings (SSSR count). The molecule has 200 valence electrons. The van der Waals surface area contributed by atoms with Crippen molar-refractivity contribution < 1.29 is 54.8 Å². The molecule has 11 nitrogen and oxygen atoms in total. The zero-order valence-corrected chi connectivity index (χ0v) is 20.2. The Labute approximate surface area is 212 Å². The van der Waals surface area contributed by atoms with Crippen LogP contribution in [0.1, 0.15) is 41.4 Å². The fourth-order valence-electron chi connectivity index (χ4n) is 4.32. The maximum absolute atomic E-state index is 13.1. The van der Waals surface area contributed by atoms with Crippen molar-refractivity contribution >= 4 is 5.78 Å². The summed E-state index contributed by atoms with van der Waals surface area (Å²) in [6.45, 7) is 3.04. The van der Waals surface area contributed by atoms with E-state index >= 15 is 0 Å². The van der Waals surface area contributed by atoms with Crippen LogP contribution in [0.15, 0.2) is 42.0 Å². The first-order valence-corrected chi connectivity index (χ1v) is 11.7. The maximum Gasteiger partial charge on any atom is 0.229 e. The summed E-state index contributed by atoms with van der Waals surface area (Å²) in [5, 5.41) is 71.2. The number of ketones is 1. The van der Waals surface area contributed by atoms with Crippen molar-refractivity contribution in [2.75, 3.05) is 6.61 Å². The lowest BCUT2D eigenvalue weighted by atomic mass is 9.90. The van der Waals surface area contributed by atoms with E-state index in [0.29, 0.717) is 5.56 Å². The van der Waals surface area contributed by atoms with Gasteiger partial charge in [-0.2, -0.15) is 0 Å². The number of aromatic hydroxyl groups is 2. The van der Waals surface area contributed by atoms with Crippen LogP contribution in [-0.2, 0) is 11.2 Å². The maximum atomic E-state index is 13.1. The molecule has 0 spiro atoms. The van der Waals surface area contributed by atoms with Gasteiger partial charge < -0.3 is 50.0 Å². The van der Waals surface area contributed by atoms with Crippen LogP contribution in [0.25, 0.3) is 0 Å². The van der Waals surface area contributed by atoms with Gasteiger partial charge in [-0.05, 0) is 38.0 Å². The van der Waals surface area contributed by atoms with Crippen molar-refractivity contribution in [3.05, 3.63) is 58.7 Å². The Balaban J connectivity index is 1.79. The second-order valence-electron chi connectivity index (χ2n) is 9.32. The van der Waals surface area contributed by atoms with Crippen molar-refractivity contribution in [1.29, 1.82) is 0 Å². The average molecular weight is 519 g/mol. The zero-order chi connectivity index (χ0) is 27.0. The molecule has 1 fully saturated rings. The van der Waals surface area contributed by atoms with Crippen LogP contribution < -0.4 is 9.47 Å². The number of Topliss-reactive ketones (excluding diaryl/α,β-unsaturated/α-hetero) is 1. The molecule has 7 N–H and O–H groups in total. The summed E-state index contributed by atoms with van der Waals surface area (Å²) < 4.78 is 17.3. The molecule has 7 atom stereocenters. The number of fused-ring (bicyclic) bond motifs is 1. The van der Waals surface area contributed by atoms with Crippen LogP contribution in [0, 0.1) is 0 Å². The number of carbonyl (C=O) groups excluding carboxylic acids is 1. The molecule has 11 heteroatoms. The second kappa shape index (κ2) is 10.7. The van der Waals surface area contributed by atoms with Crippen molar-refractivity contribution in [3.63, 3.8) is 0 Å². The lowest BCUT2D eigenvalue weighted by molar-refractivity contribution is -0.277. The van der Waals surface area contributed by atoms with Crippen molar-refractivity contribution in [2.24, 2.45) is 0 Å². The number of hydrogen-bond donors (Lipinski definition) is 7. The summed E-state index contributed by atoms with van der Waals surface area (Å²) in [6, 6.07) is 6.86. The molecule has 2 aromatic carbocycles. The van der Waals surface area contributed by atoms with Gasteiger partial charge in [0.2, 0.25) is 12.1 Å². The van der Waals surface area contributed by atoms with Crippen molar-refractivity contribution in [1.82, 2.24) is 0 Å². The molecular weight excluding hydrogens is 488 g/mol. The van der Waals surface area contributed by atoms with Gasteiger partial charge in [0.25, 0.3) is 0 Å². The molecule has 0 aliphatic carbocycles. The summed E-state index contributed by atoms with van der Waals surface area (Å²) >= 11 is 0. The van der Waals surface area contributed by atoms with Crippen LogP contribution in [0.4, 0.5) is 0 Å². The average Bonchev–Trinajstić information content (AvgIpc) is 2.86. The number of ether oxygens (including phenoxy) is 3. The van der Waals surface area contributed by atoms with E-state index in [2.05, 4.69) is 0 Å². The fraction of sp³-hybridized carbons (Fsp3) is 0.423.